The maximum atomic E-state index is 10.4. The van der Waals surface area contributed by atoms with Crippen molar-refractivity contribution in [2.75, 3.05) is 6.54 Å². The molecule has 1 rings (SSSR count). The number of nitrogens with zero attached hydrogens (tertiary/aromatic N) is 1. The average Bonchev–Trinajstić information content (AvgIpc) is 2.29. The second-order valence-electron chi connectivity index (χ2n) is 5.02. The van der Waals surface area contributed by atoms with Gasteiger partial charge in [-0.05, 0) is 39.8 Å². The third-order valence-electron chi connectivity index (χ3n) is 3.43. The number of aliphatic hydroxyl groups is 1. The van der Waals surface area contributed by atoms with Crippen LogP contribution in [0.3, 0.4) is 0 Å². The van der Waals surface area contributed by atoms with Crippen LogP contribution in [0, 0.1) is 6.92 Å². The number of hydrogen-bond acceptors (Lipinski definition) is 2. The van der Waals surface area contributed by atoms with E-state index in [1.807, 2.05) is 12.1 Å². The molecule has 0 radical (unpaired) electrons. The zero-order valence-electron chi connectivity index (χ0n) is 11.6. The van der Waals surface area contributed by atoms with E-state index in [1.54, 1.807) is 0 Å². The molecule has 0 aromatic heterocycles. The largest absolute Gasteiger partial charge is 0.387 e. The second-order valence-corrected chi connectivity index (χ2v) is 5.02. The van der Waals surface area contributed by atoms with Crippen molar-refractivity contribution in [3.05, 3.63) is 35.4 Å². The number of aryl methyl sites for hydroxylation is 1. The Kier molecular flexibility index (Phi) is 5.16. The number of benzene rings is 1. The van der Waals surface area contributed by atoms with E-state index in [2.05, 4.69) is 51.7 Å². The Morgan fingerprint density at radius 2 is 1.65 bits per heavy atom. The predicted molar refractivity (Wildman–Crippen MR) is 73.1 cm³/mol. The highest BCUT2D eigenvalue weighted by Gasteiger charge is 2.23. The van der Waals surface area contributed by atoms with Crippen molar-refractivity contribution in [1.29, 1.82) is 0 Å². The Hall–Kier alpha value is -0.860. The third-order valence-corrected chi connectivity index (χ3v) is 3.43. The van der Waals surface area contributed by atoms with Crippen molar-refractivity contribution in [3.63, 3.8) is 0 Å². The average molecular weight is 235 g/mol. The van der Waals surface area contributed by atoms with Crippen LogP contribution in [-0.2, 0) is 0 Å². The molecule has 0 bridgehead atoms. The van der Waals surface area contributed by atoms with Gasteiger partial charge in [0.15, 0.2) is 0 Å². The number of aliphatic hydroxyl groups excluding tert-OH is 1. The van der Waals surface area contributed by atoms with Crippen LogP contribution in [0.15, 0.2) is 24.3 Å². The van der Waals surface area contributed by atoms with Crippen LogP contribution in [0.4, 0.5) is 0 Å². The Bertz CT molecular complexity index is 331. The lowest BCUT2D eigenvalue weighted by Crippen LogP contribution is -2.42. The van der Waals surface area contributed by atoms with E-state index in [-0.39, 0.29) is 6.04 Å². The summed E-state index contributed by atoms with van der Waals surface area (Å²) >= 11 is 0. The van der Waals surface area contributed by atoms with Gasteiger partial charge < -0.3 is 5.11 Å². The van der Waals surface area contributed by atoms with E-state index < -0.39 is 6.10 Å². The molecule has 0 fully saturated rings. The molecule has 2 heteroatoms. The number of rotatable bonds is 5. The van der Waals surface area contributed by atoms with Gasteiger partial charge >= 0.3 is 0 Å². The molecule has 0 heterocycles. The van der Waals surface area contributed by atoms with Crippen LogP contribution < -0.4 is 0 Å². The molecule has 96 valence electrons. The van der Waals surface area contributed by atoms with Crippen LogP contribution >= 0.6 is 0 Å². The lowest BCUT2D eigenvalue weighted by atomic mass is 10.0. The Morgan fingerprint density at radius 3 is 2.06 bits per heavy atom. The van der Waals surface area contributed by atoms with Crippen molar-refractivity contribution in [2.45, 2.75) is 52.8 Å². The van der Waals surface area contributed by atoms with Crippen LogP contribution in [-0.4, -0.2) is 28.6 Å². The molecule has 1 N–H and O–H groups in total. The maximum absolute atomic E-state index is 10.4. The van der Waals surface area contributed by atoms with E-state index in [0.29, 0.717) is 6.04 Å². The summed E-state index contributed by atoms with van der Waals surface area (Å²) in [5.41, 5.74) is 2.23. The summed E-state index contributed by atoms with van der Waals surface area (Å²) in [7, 11) is 0. The topological polar surface area (TPSA) is 23.5 Å². The molecule has 0 amide bonds. The first-order valence-electron chi connectivity index (χ1n) is 6.47. The normalized spacial score (nSPS) is 15.3. The van der Waals surface area contributed by atoms with Gasteiger partial charge in [-0.1, -0.05) is 36.8 Å². The fourth-order valence-corrected chi connectivity index (χ4v) is 2.35. The Balaban J connectivity index is 2.81. The van der Waals surface area contributed by atoms with Gasteiger partial charge in [0.2, 0.25) is 0 Å². The first-order chi connectivity index (χ1) is 7.97. The SMILES string of the molecule is CCN(C(C)C)C(C)C(O)c1ccc(C)cc1. The molecule has 0 spiro atoms. The van der Waals surface area contributed by atoms with E-state index in [9.17, 15) is 5.11 Å². The van der Waals surface area contributed by atoms with E-state index >= 15 is 0 Å². The van der Waals surface area contributed by atoms with Gasteiger partial charge in [-0.3, -0.25) is 4.90 Å². The Labute approximate surface area is 105 Å². The Morgan fingerprint density at radius 1 is 1.12 bits per heavy atom. The minimum Gasteiger partial charge on any atom is -0.387 e. The monoisotopic (exact) mass is 235 g/mol. The summed E-state index contributed by atoms with van der Waals surface area (Å²) in [5.74, 6) is 0. The highest BCUT2D eigenvalue weighted by atomic mass is 16.3. The number of likely N-dealkylation sites (N-methyl/N-ethyl adjacent to an activating group) is 1. The minimum atomic E-state index is -0.419. The molecule has 2 unspecified atom stereocenters. The lowest BCUT2D eigenvalue weighted by Gasteiger charge is -2.34. The van der Waals surface area contributed by atoms with Gasteiger partial charge in [0.25, 0.3) is 0 Å². The second kappa shape index (κ2) is 6.18. The molecule has 0 saturated heterocycles. The fourth-order valence-electron chi connectivity index (χ4n) is 2.35. The summed E-state index contributed by atoms with van der Waals surface area (Å²) in [6.07, 6.45) is -0.419. The zero-order chi connectivity index (χ0) is 13.0. The van der Waals surface area contributed by atoms with Crippen molar-refractivity contribution in [3.8, 4) is 0 Å². The fraction of sp³-hybridized carbons (Fsp3) is 0.600. The van der Waals surface area contributed by atoms with E-state index in [4.69, 9.17) is 0 Å². The standard InChI is InChI=1S/C15H25NO/c1-6-16(11(2)3)13(5)15(17)14-9-7-12(4)8-10-14/h7-11,13,15,17H,6H2,1-5H3. The maximum Gasteiger partial charge on any atom is 0.0942 e. The van der Waals surface area contributed by atoms with Crippen molar-refractivity contribution < 1.29 is 5.11 Å². The van der Waals surface area contributed by atoms with Crippen molar-refractivity contribution in [2.24, 2.45) is 0 Å². The van der Waals surface area contributed by atoms with Crippen LogP contribution in [0.5, 0.6) is 0 Å². The van der Waals surface area contributed by atoms with Gasteiger partial charge in [-0.25, -0.2) is 0 Å². The molecule has 1 aromatic carbocycles. The quantitative estimate of drug-likeness (QED) is 0.847. The molecular weight excluding hydrogens is 210 g/mol. The third kappa shape index (κ3) is 3.55. The summed E-state index contributed by atoms with van der Waals surface area (Å²) in [5, 5.41) is 10.4. The summed E-state index contributed by atoms with van der Waals surface area (Å²) in [6.45, 7) is 11.6. The molecule has 1 aromatic rings. The minimum absolute atomic E-state index is 0.141. The predicted octanol–water partition coefficient (Wildman–Crippen LogP) is 3.15. The highest BCUT2D eigenvalue weighted by Crippen LogP contribution is 2.22. The van der Waals surface area contributed by atoms with E-state index in [1.165, 1.54) is 5.56 Å². The van der Waals surface area contributed by atoms with Crippen LogP contribution in [0.2, 0.25) is 0 Å². The van der Waals surface area contributed by atoms with Crippen molar-refractivity contribution in [1.82, 2.24) is 4.90 Å². The summed E-state index contributed by atoms with van der Waals surface area (Å²) in [4.78, 5) is 2.31. The highest BCUT2D eigenvalue weighted by molar-refractivity contribution is 5.24. The first-order valence-corrected chi connectivity index (χ1v) is 6.47. The lowest BCUT2D eigenvalue weighted by molar-refractivity contribution is 0.0436. The molecule has 0 saturated carbocycles. The molecule has 0 aliphatic rings. The van der Waals surface area contributed by atoms with Gasteiger partial charge in [0, 0.05) is 12.1 Å². The molecule has 0 aliphatic carbocycles. The van der Waals surface area contributed by atoms with Gasteiger partial charge in [0.05, 0.1) is 6.10 Å². The van der Waals surface area contributed by atoms with Gasteiger partial charge in [0.1, 0.15) is 0 Å². The summed E-state index contributed by atoms with van der Waals surface area (Å²) < 4.78 is 0. The van der Waals surface area contributed by atoms with Crippen LogP contribution in [0.1, 0.15) is 44.9 Å². The van der Waals surface area contributed by atoms with E-state index in [0.717, 1.165) is 12.1 Å². The van der Waals surface area contributed by atoms with Gasteiger partial charge in [-0.15, -0.1) is 0 Å². The molecule has 0 aliphatic heterocycles. The molecule has 2 nitrogen and oxygen atoms in total. The molecular formula is C15H25NO. The first kappa shape index (κ1) is 14.2. The van der Waals surface area contributed by atoms with Gasteiger partial charge in [-0.2, -0.15) is 0 Å². The molecule has 2 atom stereocenters. The zero-order valence-corrected chi connectivity index (χ0v) is 11.6. The molecule has 17 heavy (non-hydrogen) atoms. The smallest absolute Gasteiger partial charge is 0.0942 e. The van der Waals surface area contributed by atoms with Crippen LogP contribution in [0.25, 0.3) is 0 Å². The number of hydrogen-bond donors (Lipinski definition) is 1. The van der Waals surface area contributed by atoms with Crippen molar-refractivity contribution >= 4 is 0 Å². The summed E-state index contributed by atoms with van der Waals surface area (Å²) in [6, 6.07) is 8.74.